The van der Waals surface area contributed by atoms with Crippen molar-refractivity contribution < 1.29 is 21.6 Å². The number of carbonyl (C=O) groups excluding carboxylic acids is 1. The van der Waals surface area contributed by atoms with Gasteiger partial charge in [-0.2, -0.15) is 0 Å². The van der Waals surface area contributed by atoms with Gasteiger partial charge in [-0.05, 0) is 85.8 Å². The van der Waals surface area contributed by atoms with Crippen LogP contribution < -0.4 is 14.9 Å². The van der Waals surface area contributed by atoms with Crippen LogP contribution in [0.4, 0.5) is 17.1 Å². The van der Waals surface area contributed by atoms with Crippen molar-refractivity contribution in [3.05, 3.63) is 48.0 Å². The summed E-state index contributed by atoms with van der Waals surface area (Å²) >= 11 is 0. The summed E-state index contributed by atoms with van der Waals surface area (Å²) in [6.07, 6.45) is 5.95. The van der Waals surface area contributed by atoms with Crippen LogP contribution >= 0.6 is 0 Å². The zero-order chi connectivity index (χ0) is 27.3. The lowest BCUT2D eigenvalue weighted by Gasteiger charge is -2.35. The van der Waals surface area contributed by atoms with Gasteiger partial charge >= 0.3 is 0 Å². The molecule has 2 N–H and O–H groups in total. The van der Waals surface area contributed by atoms with Crippen LogP contribution in [0.1, 0.15) is 69.7 Å². The molecule has 10 heteroatoms. The average molecular weight is 560 g/mol. The Kier molecular flexibility index (Phi) is 6.79. The van der Waals surface area contributed by atoms with Gasteiger partial charge in [0.2, 0.25) is 10.0 Å². The molecule has 0 bridgehead atoms. The van der Waals surface area contributed by atoms with E-state index in [1.165, 1.54) is 18.9 Å². The molecule has 38 heavy (non-hydrogen) atoms. The average Bonchev–Trinajstić information content (AvgIpc) is 3.74. The van der Waals surface area contributed by atoms with E-state index in [1.807, 2.05) is 20.8 Å². The van der Waals surface area contributed by atoms with Crippen LogP contribution in [0.2, 0.25) is 0 Å². The molecule has 1 aliphatic heterocycles. The van der Waals surface area contributed by atoms with Crippen LogP contribution in [0.25, 0.3) is 0 Å². The molecular formula is C28H37N3O5S2. The molecule has 2 aromatic rings. The third-order valence-electron chi connectivity index (χ3n) is 7.66. The van der Waals surface area contributed by atoms with Crippen molar-refractivity contribution >= 4 is 42.8 Å². The van der Waals surface area contributed by atoms with Crippen LogP contribution in [0.15, 0.2) is 47.4 Å². The van der Waals surface area contributed by atoms with E-state index in [0.29, 0.717) is 40.9 Å². The molecule has 3 fully saturated rings. The Morgan fingerprint density at radius 2 is 1.63 bits per heavy atom. The highest BCUT2D eigenvalue weighted by Crippen LogP contribution is 2.54. The number of amides is 1. The number of sulfone groups is 1. The van der Waals surface area contributed by atoms with Crippen LogP contribution in [-0.4, -0.2) is 46.8 Å². The molecule has 1 amide bonds. The molecule has 2 aliphatic carbocycles. The van der Waals surface area contributed by atoms with Crippen LogP contribution in [-0.2, 0) is 19.9 Å². The highest BCUT2D eigenvalue weighted by atomic mass is 32.2. The van der Waals surface area contributed by atoms with E-state index < -0.39 is 25.3 Å². The third kappa shape index (κ3) is 6.17. The second-order valence-corrected chi connectivity index (χ2v) is 16.3. The normalized spacial score (nSPS) is 19.3. The minimum Gasteiger partial charge on any atom is -0.371 e. The lowest BCUT2D eigenvalue weighted by Crippen LogP contribution is -2.35. The molecule has 2 aromatic carbocycles. The zero-order valence-electron chi connectivity index (χ0n) is 22.3. The monoisotopic (exact) mass is 559 g/mol. The van der Waals surface area contributed by atoms with E-state index in [2.05, 4.69) is 14.9 Å². The molecule has 2 saturated carbocycles. The molecule has 0 radical (unpaired) electrons. The molecule has 1 saturated heterocycles. The summed E-state index contributed by atoms with van der Waals surface area (Å²) in [5.41, 5.74) is 2.00. The molecule has 206 valence electrons. The first-order valence-corrected chi connectivity index (χ1v) is 16.5. The SMILES string of the molecule is CC(C)(C)CS(=O)(=O)c1cccc(NC(=O)c2ccc(NS(=O)(=O)C3CC3)cc2N2CCC3(CC2)CC3)c1. The molecular weight excluding hydrogens is 522 g/mol. The predicted octanol–water partition coefficient (Wildman–Crippen LogP) is 5.04. The van der Waals surface area contributed by atoms with Gasteiger partial charge < -0.3 is 10.2 Å². The number of nitrogens with one attached hydrogen (secondary N) is 2. The van der Waals surface area contributed by atoms with Gasteiger partial charge in [-0.25, -0.2) is 16.8 Å². The molecule has 5 rings (SSSR count). The maximum Gasteiger partial charge on any atom is 0.257 e. The number of rotatable bonds is 8. The Bertz CT molecular complexity index is 1440. The topological polar surface area (TPSA) is 113 Å². The number of nitrogens with zero attached hydrogens (tertiary/aromatic N) is 1. The van der Waals surface area contributed by atoms with Crippen LogP contribution in [0.3, 0.4) is 0 Å². The predicted molar refractivity (Wildman–Crippen MR) is 151 cm³/mol. The standard InChI is InChI=1S/C28H37N3O5S2/c1-27(2,3)19-37(33,34)23-6-4-5-20(17-23)29-26(32)24-10-7-21(30-38(35,36)22-8-9-22)18-25(24)31-15-13-28(11-12-28)14-16-31/h4-7,10,17-18,22,30H,8-9,11-16,19H2,1-3H3,(H,29,32). The first-order valence-electron chi connectivity index (χ1n) is 13.3. The van der Waals surface area contributed by atoms with Gasteiger partial charge in [-0.15, -0.1) is 0 Å². The summed E-state index contributed by atoms with van der Waals surface area (Å²) in [7, 11) is -6.96. The maximum absolute atomic E-state index is 13.5. The zero-order valence-corrected chi connectivity index (χ0v) is 23.9. The molecule has 0 aromatic heterocycles. The quantitative estimate of drug-likeness (QED) is 0.468. The molecule has 1 spiro atoms. The summed E-state index contributed by atoms with van der Waals surface area (Å²) in [6, 6.07) is 11.4. The van der Waals surface area contributed by atoms with Crippen molar-refractivity contribution in [2.45, 2.75) is 69.4 Å². The van der Waals surface area contributed by atoms with E-state index in [9.17, 15) is 21.6 Å². The van der Waals surface area contributed by atoms with Crippen molar-refractivity contribution in [1.29, 1.82) is 0 Å². The van der Waals surface area contributed by atoms with Gasteiger partial charge in [0.05, 0.1) is 32.8 Å². The highest BCUT2D eigenvalue weighted by molar-refractivity contribution is 7.93. The maximum atomic E-state index is 13.5. The molecule has 0 unspecified atom stereocenters. The minimum absolute atomic E-state index is 0.00374. The van der Waals surface area contributed by atoms with Crippen molar-refractivity contribution in [2.75, 3.05) is 33.8 Å². The molecule has 0 atom stereocenters. The Labute approximate surface area is 226 Å². The Morgan fingerprint density at radius 3 is 2.24 bits per heavy atom. The number of piperidine rings is 1. The number of benzene rings is 2. The number of carbonyl (C=O) groups is 1. The fourth-order valence-electron chi connectivity index (χ4n) is 5.19. The van der Waals surface area contributed by atoms with Crippen LogP contribution in [0.5, 0.6) is 0 Å². The second kappa shape index (κ2) is 9.55. The minimum atomic E-state index is -3.52. The van der Waals surface area contributed by atoms with Gasteiger partial charge in [-0.3, -0.25) is 9.52 Å². The Hall–Kier alpha value is -2.59. The van der Waals surface area contributed by atoms with E-state index >= 15 is 0 Å². The Morgan fingerprint density at radius 1 is 0.947 bits per heavy atom. The van der Waals surface area contributed by atoms with E-state index in [0.717, 1.165) is 25.9 Å². The Balaban J connectivity index is 1.40. The third-order valence-corrected chi connectivity index (χ3v) is 11.7. The summed E-state index contributed by atoms with van der Waals surface area (Å²) < 4.78 is 53.6. The van der Waals surface area contributed by atoms with Gasteiger partial charge in [-0.1, -0.05) is 26.8 Å². The van der Waals surface area contributed by atoms with Crippen molar-refractivity contribution in [1.82, 2.24) is 0 Å². The second-order valence-electron chi connectivity index (χ2n) is 12.4. The number of hydrogen-bond donors (Lipinski definition) is 2. The lowest BCUT2D eigenvalue weighted by molar-refractivity contribution is 0.102. The van der Waals surface area contributed by atoms with Crippen molar-refractivity contribution in [3.63, 3.8) is 0 Å². The van der Waals surface area contributed by atoms with Crippen molar-refractivity contribution in [3.8, 4) is 0 Å². The molecule has 8 nitrogen and oxygen atoms in total. The first-order chi connectivity index (χ1) is 17.8. The molecule has 1 heterocycles. The van der Waals surface area contributed by atoms with E-state index in [4.69, 9.17) is 0 Å². The van der Waals surface area contributed by atoms with Gasteiger partial charge in [0.25, 0.3) is 5.91 Å². The number of hydrogen-bond acceptors (Lipinski definition) is 6. The van der Waals surface area contributed by atoms with Gasteiger partial charge in [0.15, 0.2) is 9.84 Å². The lowest BCUT2D eigenvalue weighted by atomic mass is 9.93. The fourth-order valence-corrected chi connectivity index (χ4v) is 8.47. The smallest absolute Gasteiger partial charge is 0.257 e. The number of sulfonamides is 1. The number of anilines is 3. The van der Waals surface area contributed by atoms with E-state index in [-0.39, 0.29) is 21.8 Å². The fraction of sp³-hybridized carbons (Fsp3) is 0.536. The summed E-state index contributed by atoms with van der Waals surface area (Å²) in [6.45, 7) is 7.23. The van der Waals surface area contributed by atoms with Crippen molar-refractivity contribution in [2.24, 2.45) is 10.8 Å². The summed E-state index contributed by atoms with van der Waals surface area (Å²) in [4.78, 5) is 15.8. The summed E-state index contributed by atoms with van der Waals surface area (Å²) in [5.74, 6) is -0.371. The largest absolute Gasteiger partial charge is 0.371 e. The van der Waals surface area contributed by atoms with E-state index in [1.54, 1.807) is 36.4 Å². The van der Waals surface area contributed by atoms with Gasteiger partial charge in [0.1, 0.15) is 0 Å². The first kappa shape index (κ1) is 27.0. The molecule has 3 aliphatic rings. The van der Waals surface area contributed by atoms with Crippen LogP contribution in [0, 0.1) is 10.8 Å². The highest BCUT2D eigenvalue weighted by Gasteiger charge is 2.44. The van der Waals surface area contributed by atoms with Gasteiger partial charge in [0, 0.05) is 18.8 Å². The summed E-state index contributed by atoms with van der Waals surface area (Å²) in [5, 5.41) is 2.52.